The SMILES string of the molecule is COc1ccc(C(SC[C@H](NC(C)=O)C(=O)O[C@H](C)C(=O)OC(C)(C)C)(c2ccccc2)c2ccc(C)cc2)cc1. The lowest BCUT2D eigenvalue weighted by molar-refractivity contribution is -0.175. The molecular weight excluding hydrogens is 538 g/mol. The number of carbonyl (C=O) groups excluding carboxylic acids is 3. The van der Waals surface area contributed by atoms with Crippen molar-refractivity contribution in [3.8, 4) is 5.75 Å². The van der Waals surface area contributed by atoms with Crippen molar-refractivity contribution in [1.29, 1.82) is 0 Å². The number of rotatable bonds is 11. The average molecular weight is 578 g/mol. The first-order chi connectivity index (χ1) is 19.4. The molecule has 1 N–H and O–H groups in total. The number of thioether (sulfide) groups is 1. The summed E-state index contributed by atoms with van der Waals surface area (Å²) >= 11 is 1.50. The molecule has 0 saturated carbocycles. The highest BCUT2D eigenvalue weighted by molar-refractivity contribution is 8.00. The van der Waals surface area contributed by atoms with Crippen LogP contribution in [0.1, 0.15) is 56.9 Å². The molecule has 0 bridgehead atoms. The minimum absolute atomic E-state index is 0.161. The summed E-state index contributed by atoms with van der Waals surface area (Å²) in [4.78, 5) is 38.0. The van der Waals surface area contributed by atoms with E-state index in [2.05, 4.69) is 29.6 Å². The number of nitrogens with one attached hydrogen (secondary N) is 1. The maximum Gasteiger partial charge on any atom is 0.347 e. The van der Waals surface area contributed by atoms with E-state index in [-0.39, 0.29) is 11.7 Å². The normalized spacial score (nSPS) is 14.2. The number of amides is 1. The van der Waals surface area contributed by atoms with Crippen molar-refractivity contribution in [2.75, 3.05) is 12.9 Å². The quantitative estimate of drug-likeness (QED) is 0.227. The van der Waals surface area contributed by atoms with Crippen LogP contribution < -0.4 is 10.1 Å². The van der Waals surface area contributed by atoms with Crippen molar-refractivity contribution < 1.29 is 28.6 Å². The Hall–Kier alpha value is -3.78. The van der Waals surface area contributed by atoms with Gasteiger partial charge in [0, 0.05) is 12.7 Å². The van der Waals surface area contributed by atoms with Gasteiger partial charge in [0.25, 0.3) is 0 Å². The summed E-state index contributed by atoms with van der Waals surface area (Å²) in [5.74, 6) is -0.875. The Labute approximate surface area is 247 Å². The molecule has 3 aromatic carbocycles. The van der Waals surface area contributed by atoms with Crippen LogP contribution >= 0.6 is 11.8 Å². The lowest BCUT2D eigenvalue weighted by Gasteiger charge is -2.36. The van der Waals surface area contributed by atoms with Crippen molar-refractivity contribution >= 4 is 29.6 Å². The standard InChI is InChI=1S/C33H39NO6S/c1-22-13-15-26(16-14-22)33(25-11-9-8-10-12-25,27-17-19-28(38-7)20-18-27)41-21-29(34-24(3)35)31(37)39-23(2)30(36)40-32(4,5)6/h8-20,23,29H,21H2,1-7H3,(H,34,35)/t23-,29+,33?/m1/s1. The molecule has 3 rings (SSSR count). The van der Waals surface area contributed by atoms with Crippen LogP contribution in [0.4, 0.5) is 0 Å². The number of carbonyl (C=O) groups is 3. The van der Waals surface area contributed by atoms with E-state index in [1.165, 1.54) is 25.6 Å². The second-order valence-electron chi connectivity index (χ2n) is 10.8. The number of hydrogen-bond donors (Lipinski definition) is 1. The molecule has 8 heteroatoms. The van der Waals surface area contributed by atoms with Crippen LogP contribution in [0.2, 0.25) is 0 Å². The zero-order valence-corrected chi connectivity index (χ0v) is 25.5. The van der Waals surface area contributed by atoms with Gasteiger partial charge in [-0.05, 0) is 63.4 Å². The third kappa shape index (κ3) is 8.36. The molecule has 41 heavy (non-hydrogen) atoms. The van der Waals surface area contributed by atoms with Crippen molar-refractivity contribution in [2.24, 2.45) is 0 Å². The molecule has 1 unspecified atom stereocenters. The maximum atomic E-state index is 13.3. The molecule has 0 fully saturated rings. The first kappa shape index (κ1) is 31.7. The summed E-state index contributed by atoms with van der Waals surface area (Å²) in [6.45, 7) is 10.1. The second kappa shape index (κ2) is 13.7. The third-order valence-corrected chi connectivity index (χ3v) is 7.94. The number of ether oxygens (including phenoxy) is 3. The van der Waals surface area contributed by atoms with E-state index in [1.807, 2.05) is 61.5 Å². The average Bonchev–Trinajstić information content (AvgIpc) is 2.93. The topological polar surface area (TPSA) is 90.9 Å². The van der Waals surface area contributed by atoms with Gasteiger partial charge in [-0.3, -0.25) is 4.79 Å². The van der Waals surface area contributed by atoms with Crippen LogP contribution in [-0.4, -0.2) is 48.5 Å². The highest BCUT2D eigenvalue weighted by Crippen LogP contribution is 2.49. The van der Waals surface area contributed by atoms with Crippen molar-refractivity contribution in [2.45, 2.75) is 64.0 Å². The number of aryl methyl sites for hydroxylation is 1. The largest absolute Gasteiger partial charge is 0.497 e. The van der Waals surface area contributed by atoms with Gasteiger partial charge in [0.15, 0.2) is 6.10 Å². The molecule has 0 aliphatic carbocycles. The van der Waals surface area contributed by atoms with Gasteiger partial charge in [0.1, 0.15) is 17.4 Å². The minimum atomic E-state index is -1.14. The number of benzene rings is 3. The molecule has 0 radical (unpaired) electrons. The number of esters is 2. The summed E-state index contributed by atoms with van der Waals surface area (Å²) in [5, 5.41) is 2.72. The molecule has 3 atom stereocenters. The fourth-order valence-corrected chi connectivity index (χ4v) is 5.89. The second-order valence-corrected chi connectivity index (χ2v) is 12.1. The van der Waals surface area contributed by atoms with Crippen LogP contribution in [0.15, 0.2) is 78.9 Å². The van der Waals surface area contributed by atoms with Gasteiger partial charge < -0.3 is 19.5 Å². The lowest BCUT2D eigenvalue weighted by atomic mass is 9.83. The highest BCUT2D eigenvalue weighted by Gasteiger charge is 2.39. The van der Waals surface area contributed by atoms with Crippen LogP contribution in [-0.2, 0) is 28.6 Å². The zero-order chi connectivity index (χ0) is 30.2. The van der Waals surface area contributed by atoms with Crippen molar-refractivity contribution in [1.82, 2.24) is 5.32 Å². The van der Waals surface area contributed by atoms with Crippen LogP contribution in [0.25, 0.3) is 0 Å². The summed E-state index contributed by atoms with van der Waals surface area (Å²) in [6, 6.07) is 25.1. The van der Waals surface area contributed by atoms with Gasteiger partial charge in [-0.15, -0.1) is 11.8 Å². The van der Waals surface area contributed by atoms with E-state index in [0.29, 0.717) is 0 Å². The molecule has 0 aromatic heterocycles. The third-order valence-electron chi connectivity index (χ3n) is 6.30. The summed E-state index contributed by atoms with van der Waals surface area (Å²) in [6.07, 6.45) is -1.14. The van der Waals surface area contributed by atoms with Gasteiger partial charge in [-0.25, -0.2) is 9.59 Å². The summed E-state index contributed by atoms with van der Waals surface area (Å²) in [7, 11) is 1.62. The van der Waals surface area contributed by atoms with Crippen LogP contribution in [0.3, 0.4) is 0 Å². The summed E-state index contributed by atoms with van der Waals surface area (Å²) < 4.78 is 15.5. The van der Waals surface area contributed by atoms with E-state index in [9.17, 15) is 14.4 Å². The molecule has 0 aliphatic heterocycles. The molecule has 218 valence electrons. The molecular formula is C33H39NO6S. The smallest absolute Gasteiger partial charge is 0.347 e. The van der Waals surface area contributed by atoms with E-state index >= 15 is 0 Å². The van der Waals surface area contributed by atoms with Gasteiger partial charge in [0.05, 0.1) is 11.9 Å². The Morgan fingerprint density at radius 3 is 1.88 bits per heavy atom. The molecule has 0 spiro atoms. The van der Waals surface area contributed by atoms with Gasteiger partial charge in [0.2, 0.25) is 5.91 Å². The number of hydrogen-bond acceptors (Lipinski definition) is 7. The van der Waals surface area contributed by atoms with E-state index in [1.54, 1.807) is 27.9 Å². The Kier molecular flexibility index (Phi) is 10.6. The minimum Gasteiger partial charge on any atom is -0.497 e. The molecule has 0 aliphatic rings. The van der Waals surface area contributed by atoms with E-state index in [4.69, 9.17) is 14.2 Å². The van der Waals surface area contributed by atoms with Gasteiger partial charge in [-0.2, -0.15) is 0 Å². The fraction of sp³-hybridized carbons (Fsp3) is 0.364. The Bertz CT molecular complexity index is 1320. The molecule has 7 nitrogen and oxygen atoms in total. The Morgan fingerprint density at radius 2 is 1.37 bits per heavy atom. The van der Waals surface area contributed by atoms with Crippen LogP contribution in [0, 0.1) is 6.92 Å². The Balaban J connectivity index is 2.04. The summed E-state index contributed by atoms with van der Waals surface area (Å²) in [5.41, 5.74) is 3.35. The zero-order valence-electron chi connectivity index (χ0n) is 24.7. The van der Waals surface area contributed by atoms with E-state index < -0.39 is 34.4 Å². The molecule has 0 saturated heterocycles. The monoisotopic (exact) mass is 577 g/mol. The maximum absolute atomic E-state index is 13.3. The Morgan fingerprint density at radius 1 is 0.829 bits per heavy atom. The van der Waals surface area contributed by atoms with Crippen molar-refractivity contribution in [3.63, 3.8) is 0 Å². The molecule has 0 heterocycles. The highest BCUT2D eigenvalue weighted by atomic mass is 32.2. The van der Waals surface area contributed by atoms with E-state index in [0.717, 1.165) is 28.0 Å². The fourth-order valence-electron chi connectivity index (χ4n) is 4.35. The van der Waals surface area contributed by atoms with Crippen molar-refractivity contribution in [3.05, 3.63) is 101 Å². The lowest BCUT2D eigenvalue weighted by Crippen LogP contribution is -2.46. The first-order valence-electron chi connectivity index (χ1n) is 13.5. The van der Waals surface area contributed by atoms with Crippen LogP contribution in [0.5, 0.6) is 5.75 Å². The first-order valence-corrected chi connectivity index (χ1v) is 14.5. The predicted molar refractivity (Wildman–Crippen MR) is 162 cm³/mol. The van der Waals surface area contributed by atoms with Gasteiger partial charge in [-0.1, -0.05) is 72.3 Å². The van der Waals surface area contributed by atoms with Gasteiger partial charge >= 0.3 is 11.9 Å². The predicted octanol–water partition coefficient (Wildman–Crippen LogP) is 5.81. The number of methoxy groups -OCH3 is 1. The molecule has 3 aromatic rings. The molecule has 1 amide bonds.